The maximum absolute atomic E-state index is 12.2. The number of amides is 1. The third-order valence-electron chi connectivity index (χ3n) is 3.52. The van der Waals surface area contributed by atoms with Crippen LogP contribution in [0.15, 0.2) is 24.3 Å². The van der Waals surface area contributed by atoms with E-state index in [1.165, 1.54) is 5.56 Å². The number of hydrogen-bond acceptors (Lipinski definition) is 1. The highest BCUT2D eigenvalue weighted by Gasteiger charge is 2.37. The molecule has 1 aromatic rings. The summed E-state index contributed by atoms with van der Waals surface area (Å²) in [6.07, 6.45) is 2.73. The second kappa shape index (κ2) is 4.52. The lowest BCUT2D eigenvalue weighted by atomic mass is 9.87. The van der Waals surface area contributed by atoms with E-state index in [2.05, 4.69) is 39.0 Å². The van der Waals surface area contributed by atoms with Crippen LogP contribution in [0.3, 0.4) is 0 Å². The van der Waals surface area contributed by atoms with Crippen LogP contribution in [-0.4, -0.2) is 12.5 Å². The summed E-state index contributed by atoms with van der Waals surface area (Å²) in [5, 5.41) is 0. The molecule has 0 unspecified atom stereocenters. The Morgan fingerprint density at radius 3 is 2.76 bits per heavy atom. The molecule has 0 spiro atoms. The van der Waals surface area contributed by atoms with Gasteiger partial charge in [-0.3, -0.25) is 4.79 Å². The molecule has 92 valence electrons. The van der Waals surface area contributed by atoms with Gasteiger partial charge in [-0.1, -0.05) is 45.4 Å². The average Bonchev–Trinajstić information content (AvgIpc) is 2.59. The Morgan fingerprint density at radius 1 is 1.35 bits per heavy atom. The van der Waals surface area contributed by atoms with Crippen LogP contribution in [0.2, 0.25) is 0 Å². The SMILES string of the molecule is CCCCC(=O)N1CC(C)(C)c2ccccc21. The second-order valence-electron chi connectivity index (χ2n) is 5.48. The van der Waals surface area contributed by atoms with Crippen LogP contribution in [0, 0.1) is 0 Å². The van der Waals surface area contributed by atoms with Crippen molar-refractivity contribution in [2.45, 2.75) is 45.4 Å². The zero-order chi connectivity index (χ0) is 12.5. The fourth-order valence-electron chi connectivity index (χ4n) is 2.53. The van der Waals surface area contributed by atoms with Gasteiger partial charge in [-0.15, -0.1) is 0 Å². The van der Waals surface area contributed by atoms with Gasteiger partial charge in [0, 0.05) is 24.1 Å². The van der Waals surface area contributed by atoms with Crippen molar-refractivity contribution < 1.29 is 4.79 Å². The number of para-hydroxylation sites is 1. The number of unbranched alkanes of at least 4 members (excludes halogenated alkanes) is 1. The first-order valence-corrected chi connectivity index (χ1v) is 6.46. The smallest absolute Gasteiger partial charge is 0.227 e. The molecule has 1 heterocycles. The van der Waals surface area contributed by atoms with Crippen molar-refractivity contribution in [2.24, 2.45) is 0 Å². The van der Waals surface area contributed by atoms with Crippen LogP contribution in [0.5, 0.6) is 0 Å². The van der Waals surface area contributed by atoms with Gasteiger partial charge in [0.05, 0.1) is 0 Å². The lowest BCUT2D eigenvalue weighted by Crippen LogP contribution is -2.33. The molecule has 0 saturated carbocycles. The van der Waals surface area contributed by atoms with Gasteiger partial charge in [-0.2, -0.15) is 0 Å². The molecular weight excluding hydrogens is 210 g/mol. The van der Waals surface area contributed by atoms with Crippen LogP contribution < -0.4 is 4.90 Å². The Hall–Kier alpha value is -1.31. The molecule has 2 heteroatoms. The minimum Gasteiger partial charge on any atom is -0.311 e. The van der Waals surface area contributed by atoms with E-state index in [-0.39, 0.29) is 11.3 Å². The highest BCUT2D eigenvalue weighted by Crippen LogP contribution is 2.40. The molecule has 1 amide bonds. The third kappa shape index (κ3) is 2.21. The summed E-state index contributed by atoms with van der Waals surface area (Å²) in [6.45, 7) is 7.35. The van der Waals surface area contributed by atoms with Gasteiger partial charge in [0.2, 0.25) is 5.91 Å². The predicted octanol–water partition coefficient (Wildman–Crippen LogP) is 3.50. The van der Waals surface area contributed by atoms with Crippen molar-refractivity contribution in [3.8, 4) is 0 Å². The first kappa shape index (κ1) is 12.2. The van der Waals surface area contributed by atoms with Crippen molar-refractivity contribution in [3.63, 3.8) is 0 Å². The van der Waals surface area contributed by atoms with E-state index >= 15 is 0 Å². The number of carbonyl (C=O) groups is 1. The molecular formula is C15H21NO. The van der Waals surface area contributed by atoms with Crippen molar-refractivity contribution in [1.82, 2.24) is 0 Å². The minimum absolute atomic E-state index is 0.0818. The quantitative estimate of drug-likeness (QED) is 0.779. The highest BCUT2D eigenvalue weighted by molar-refractivity contribution is 5.96. The molecule has 0 bridgehead atoms. The molecule has 0 radical (unpaired) electrons. The zero-order valence-corrected chi connectivity index (χ0v) is 11.0. The van der Waals surface area contributed by atoms with Crippen LogP contribution in [0.1, 0.15) is 45.6 Å². The molecule has 2 nitrogen and oxygen atoms in total. The summed E-state index contributed by atoms with van der Waals surface area (Å²) in [6, 6.07) is 8.28. The Balaban J connectivity index is 2.25. The van der Waals surface area contributed by atoms with Crippen LogP contribution in [0.25, 0.3) is 0 Å². The van der Waals surface area contributed by atoms with Crippen LogP contribution in [-0.2, 0) is 10.2 Å². The van der Waals surface area contributed by atoms with Gasteiger partial charge in [0.1, 0.15) is 0 Å². The van der Waals surface area contributed by atoms with Gasteiger partial charge in [-0.05, 0) is 18.1 Å². The predicted molar refractivity (Wildman–Crippen MR) is 71.3 cm³/mol. The molecule has 0 atom stereocenters. The van der Waals surface area contributed by atoms with Crippen LogP contribution >= 0.6 is 0 Å². The van der Waals surface area contributed by atoms with Gasteiger partial charge in [-0.25, -0.2) is 0 Å². The van der Waals surface area contributed by atoms with Gasteiger partial charge in [0.15, 0.2) is 0 Å². The molecule has 17 heavy (non-hydrogen) atoms. The van der Waals surface area contributed by atoms with Crippen molar-refractivity contribution in [1.29, 1.82) is 0 Å². The molecule has 0 N–H and O–H groups in total. The fraction of sp³-hybridized carbons (Fsp3) is 0.533. The van der Waals surface area contributed by atoms with Crippen LogP contribution in [0.4, 0.5) is 5.69 Å². The van der Waals surface area contributed by atoms with Gasteiger partial charge in [0.25, 0.3) is 0 Å². The Morgan fingerprint density at radius 2 is 2.06 bits per heavy atom. The molecule has 0 aliphatic carbocycles. The lowest BCUT2D eigenvalue weighted by Gasteiger charge is -2.20. The summed E-state index contributed by atoms with van der Waals surface area (Å²) < 4.78 is 0. The largest absolute Gasteiger partial charge is 0.311 e. The molecule has 2 rings (SSSR count). The first-order chi connectivity index (χ1) is 8.06. The van der Waals surface area contributed by atoms with E-state index in [1.54, 1.807) is 0 Å². The number of fused-ring (bicyclic) bond motifs is 1. The number of benzene rings is 1. The first-order valence-electron chi connectivity index (χ1n) is 6.46. The second-order valence-corrected chi connectivity index (χ2v) is 5.48. The molecule has 1 aliphatic rings. The standard InChI is InChI=1S/C15H21NO/c1-4-5-10-14(17)16-11-15(2,3)12-8-6-7-9-13(12)16/h6-9H,4-5,10-11H2,1-3H3. The summed E-state index contributed by atoms with van der Waals surface area (Å²) in [5.41, 5.74) is 2.49. The third-order valence-corrected chi connectivity index (χ3v) is 3.52. The van der Waals surface area contributed by atoms with E-state index in [0.29, 0.717) is 6.42 Å². The summed E-state index contributed by atoms with van der Waals surface area (Å²) >= 11 is 0. The maximum Gasteiger partial charge on any atom is 0.227 e. The molecule has 0 aromatic heterocycles. The summed E-state index contributed by atoms with van der Waals surface area (Å²) in [5.74, 6) is 0.268. The topological polar surface area (TPSA) is 20.3 Å². The molecule has 0 saturated heterocycles. The molecule has 1 aliphatic heterocycles. The minimum atomic E-state index is 0.0818. The number of hydrogen-bond donors (Lipinski definition) is 0. The molecule has 1 aromatic carbocycles. The number of nitrogens with zero attached hydrogens (tertiary/aromatic N) is 1. The van der Waals surface area contributed by atoms with E-state index in [1.807, 2.05) is 11.0 Å². The molecule has 0 fully saturated rings. The summed E-state index contributed by atoms with van der Waals surface area (Å²) in [7, 11) is 0. The van der Waals surface area contributed by atoms with Crippen molar-refractivity contribution >= 4 is 11.6 Å². The van der Waals surface area contributed by atoms with E-state index in [4.69, 9.17) is 0 Å². The zero-order valence-electron chi connectivity index (χ0n) is 11.0. The monoisotopic (exact) mass is 231 g/mol. The fourth-order valence-corrected chi connectivity index (χ4v) is 2.53. The Labute approximate surface area is 104 Å². The van der Waals surface area contributed by atoms with Crippen molar-refractivity contribution in [3.05, 3.63) is 29.8 Å². The number of rotatable bonds is 3. The summed E-state index contributed by atoms with van der Waals surface area (Å²) in [4.78, 5) is 14.1. The highest BCUT2D eigenvalue weighted by atomic mass is 16.2. The number of carbonyl (C=O) groups excluding carboxylic acids is 1. The Kier molecular flexibility index (Phi) is 3.23. The Bertz CT molecular complexity index is 423. The normalized spacial score (nSPS) is 17.0. The van der Waals surface area contributed by atoms with Gasteiger partial charge < -0.3 is 4.90 Å². The van der Waals surface area contributed by atoms with E-state index in [9.17, 15) is 4.79 Å². The average molecular weight is 231 g/mol. The van der Waals surface area contributed by atoms with E-state index in [0.717, 1.165) is 25.1 Å². The van der Waals surface area contributed by atoms with E-state index < -0.39 is 0 Å². The maximum atomic E-state index is 12.2. The lowest BCUT2D eigenvalue weighted by molar-refractivity contribution is -0.118. The van der Waals surface area contributed by atoms with Crippen molar-refractivity contribution in [2.75, 3.05) is 11.4 Å². The van der Waals surface area contributed by atoms with Gasteiger partial charge >= 0.3 is 0 Å². The number of anilines is 1.